The summed E-state index contributed by atoms with van der Waals surface area (Å²) in [5, 5.41) is 2.92. The van der Waals surface area contributed by atoms with Crippen molar-refractivity contribution in [2.75, 3.05) is 39.4 Å². The van der Waals surface area contributed by atoms with Gasteiger partial charge in [0, 0.05) is 32.8 Å². The summed E-state index contributed by atoms with van der Waals surface area (Å²) in [5.41, 5.74) is 5.30. The highest BCUT2D eigenvalue weighted by Crippen LogP contribution is 2.15. The van der Waals surface area contributed by atoms with E-state index in [0.717, 1.165) is 38.3 Å². The van der Waals surface area contributed by atoms with E-state index in [4.69, 9.17) is 10.5 Å². The maximum absolute atomic E-state index is 11.7. The average molecular weight is 243 g/mol. The van der Waals surface area contributed by atoms with Crippen molar-refractivity contribution in [3.8, 4) is 0 Å². The zero-order valence-electron chi connectivity index (χ0n) is 10.8. The van der Waals surface area contributed by atoms with E-state index in [0.29, 0.717) is 26.3 Å². The number of rotatable bonds is 6. The summed E-state index contributed by atoms with van der Waals surface area (Å²) in [5.74, 6) is 0.753. The zero-order valence-corrected chi connectivity index (χ0v) is 10.8. The molecule has 0 bridgehead atoms. The van der Waals surface area contributed by atoms with Gasteiger partial charge in [-0.2, -0.15) is 0 Å². The van der Waals surface area contributed by atoms with Gasteiger partial charge < -0.3 is 20.7 Å². The number of likely N-dealkylation sites (tertiary alicyclic amines) is 1. The molecule has 0 aromatic heterocycles. The fourth-order valence-corrected chi connectivity index (χ4v) is 1.88. The van der Waals surface area contributed by atoms with Crippen LogP contribution in [0.3, 0.4) is 0 Å². The van der Waals surface area contributed by atoms with Crippen molar-refractivity contribution >= 4 is 6.03 Å². The molecule has 0 aromatic carbocycles. The van der Waals surface area contributed by atoms with Gasteiger partial charge in [0.05, 0.1) is 6.61 Å². The Hall–Kier alpha value is -0.810. The first kappa shape index (κ1) is 14.3. The monoisotopic (exact) mass is 243 g/mol. The Labute approximate surface area is 104 Å². The number of hydrogen-bond donors (Lipinski definition) is 2. The Morgan fingerprint density at radius 1 is 1.41 bits per heavy atom. The van der Waals surface area contributed by atoms with Gasteiger partial charge in [-0.15, -0.1) is 0 Å². The molecule has 1 fully saturated rings. The molecule has 5 nitrogen and oxygen atoms in total. The highest BCUT2D eigenvalue weighted by atomic mass is 16.5. The van der Waals surface area contributed by atoms with Gasteiger partial charge in [0.2, 0.25) is 0 Å². The van der Waals surface area contributed by atoms with E-state index in [1.807, 2.05) is 4.90 Å². The molecule has 100 valence electrons. The summed E-state index contributed by atoms with van der Waals surface area (Å²) >= 11 is 0. The number of carbonyl (C=O) groups is 1. The van der Waals surface area contributed by atoms with E-state index in [2.05, 4.69) is 12.2 Å². The average Bonchev–Trinajstić information content (AvgIpc) is 2.34. The van der Waals surface area contributed by atoms with Crippen LogP contribution in [0.25, 0.3) is 0 Å². The van der Waals surface area contributed by atoms with Crippen LogP contribution in [0, 0.1) is 5.92 Å². The second-order valence-corrected chi connectivity index (χ2v) is 4.66. The zero-order chi connectivity index (χ0) is 12.5. The normalized spacial score (nSPS) is 17.2. The number of hydrogen-bond acceptors (Lipinski definition) is 3. The minimum atomic E-state index is 0.0655. The van der Waals surface area contributed by atoms with Crippen LogP contribution in [-0.4, -0.2) is 50.3 Å². The molecule has 1 heterocycles. The minimum absolute atomic E-state index is 0.0655. The van der Waals surface area contributed by atoms with Crippen molar-refractivity contribution in [3.05, 3.63) is 0 Å². The lowest BCUT2D eigenvalue weighted by atomic mass is 10.00. The summed E-state index contributed by atoms with van der Waals surface area (Å²) < 4.78 is 5.23. The van der Waals surface area contributed by atoms with E-state index in [1.165, 1.54) is 0 Å². The molecule has 0 unspecified atom stereocenters. The summed E-state index contributed by atoms with van der Waals surface area (Å²) in [7, 11) is 0. The number of amides is 2. The largest absolute Gasteiger partial charge is 0.380 e. The van der Waals surface area contributed by atoms with Crippen LogP contribution >= 0.6 is 0 Å². The first-order chi connectivity index (χ1) is 8.24. The molecule has 3 N–H and O–H groups in total. The van der Waals surface area contributed by atoms with Gasteiger partial charge in [-0.1, -0.05) is 6.92 Å². The first-order valence-electron chi connectivity index (χ1n) is 6.54. The molecule has 0 spiro atoms. The molecule has 5 heteroatoms. The molecular weight excluding hydrogens is 218 g/mol. The third-order valence-corrected chi connectivity index (χ3v) is 3.07. The van der Waals surface area contributed by atoms with Gasteiger partial charge in [-0.3, -0.25) is 0 Å². The Bertz CT molecular complexity index is 216. The Kier molecular flexibility index (Phi) is 6.96. The molecule has 0 saturated carbocycles. The predicted molar refractivity (Wildman–Crippen MR) is 67.9 cm³/mol. The van der Waals surface area contributed by atoms with E-state index in [9.17, 15) is 4.79 Å². The summed E-state index contributed by atoms with van der Waals surface area (Å²) in [6, 6.07) is 0.0655. The number of nitrogens with zero attached hydrogens (tertiary/aromatic N) is 1. The van der Waals surface area contributed by atoms with Crippen LogP contribution in [0.2, 0.25) is 0 Å². The van der Waals surface area contributed by atoms with Crippen LogP contribution in [0.4, 0.5) is 4.79 Å². The molecule has 0 aromatic rings. The number of carbonyl (C=O) groups excluding carboxylic acids is 1. The van der Waals surface area contributed by atoms with Gasteiger partial charge >= 0.3 is 6.03 Å². The number of urea groups is 1. The molecule has 0 aliphatic carbocycles. The van der Waals surface area contributed by atoms with Gasteiger partial charge in [-0.05, 0) is 25.2 Å². The Morgan fingerprint density at radius 3 is 2.76 bits per heavy atom. The Balaban J connectivity index is 2.01. The van der Waals surface area contributed by atoms with Gasteiger partial charge in [0.15, 0.2) is 0 Å². The highest BCUT2D eigenvalue weighted by Gasteiger charge is 2.19. The van der Waals surface area contributed by atoms with E-state index in [-0.39, 0.29) is 6.03 Å². The van der Waals surface area contributed by atoms with E-state index in [1.54, 1.807) is 0 Å². The van der Waals surface area contributed by atoms with Crippen LogP contribution in [0.1, 0.15) is 26.2 Å². The molecule has 1 rings (SSSR count). The fraction of sp³-hybridized carbons (Fsp3) is 0.917. The van der Waals surface area contributed by atoms with Crippen LogP contribution in [0.15, 0.2) is 0 Å². The number of piperidine rings is 1. The van der Waals surface area contributed by atoms with E-state index < -0.39 is 0 Å². The number of nitrogens with two attached hydrogens (primary N) is 1. The number of nitrogens with one attached hydrogen (secondary N) is 1. The summed E-state index contributed by atoms with van der Waals surface area (Å²) in [4.78, 5) is 13.7. The third kappa shape index (κ3) is 5.89. The smallest absolute Gasteiger partial charge is 0.317 e. The van der Waals surface area contributed by atoms with Crippen molar-refractivity contribution in [3.63, 3.8) is 0 Å². The van der Waals surface area contributed by atoms with Gasteiger partial charge in [0.1, 0.15) is 0 Å². The second kappa shape index (κ2) is 8.31. The minimum Gasteiger partial charge on any atom is -0.380 e. The first-order valence-corrected chi connectivity index (χ1v) is 6.54. The molecule has 0 radical (unpaired) electrons. The highest BCUT2D eigenvalue weighted by molar-refractivity contribution is 5.74. The van der Waals surface area contributed by atoms with Crippen molar-refractivity contribution < 1.29 is 9.53 Å². The third-order valence-electron chi connectivity index (χ3n) is 3.07. The lowest BCUT2D eigenvalue weighted by Gasteiger charge is -2.30. The topological polar surface area (TPSA) is 67.6 Å². The van der Waals surface area contributed by atoms with Crippen LogP contribution in [-0.2, 0) is 4.74 Å². The van der Waals surface area contributed by atoms with Gasteiger partial charge in [-0.25, -0.2) is 4.79 Å². The quantitative estimate of drug-likeness (QED) is 0.678. The van der Waals surface area contributed by atoms with Crippen LogP contribution < -0.4 is 11.1 Å². The molecule has 0 atom stereocenters. The SMILES string of the molecule is CC1CCN(C(=O)NCCCOCCN)CC1. The van der Waals surface area contributed by atoms with Crippen molar-refractivity contribution in [1.29, 1.82) is 0 Å². The predicted octanol–water partition coefficient (Wildman–Crippen LogP) is 0.793. The maximum atomic E-state index is 11.7. The van der Waals surface area contributed by atoms with Crippen LogP contribution in [0.5, 0.6) is 0 Å². The van der Waals surface area contributed by atoms with Gasteiger partial charge in [0.25, 0.3) is 0 Å². The van der Waals surface area contributed by atoms with Crippen molar-refractivity contribution in [2.45, 2.75) is 26.2 Å². The molecule has 17 heavy (non-hydrogen) atoms. The lowest BCUT2D eigenvalue weighted by molar-refractivity contribution is 0.137. The number of ether oxygens (including phenoxy) is 1. The maximum Gasteiger partial charge on any atom is 0.317 e. The fourth-order valence-electron chi connectivity index (χ4n) is 1.88. The standard InChI is InChI=1S/C12H25N3O2/c1-11-3-7-15(8-4-11)12(16)14-6-2-9-17-10-5-13/h11H,2-10,13H2,1H3,(H,14,16). The molecule has 2 amide bonds. The Morgan fingerprint density at radius 2 is 2.12 bits per heavy atom. The summed E-state index contributed by atoms with van der Waals surface area (Å²) in [6.45, 7) is 6.50. The molecule has 1 saturated heterocycles. The lowest BCUT2D eigenvalue weighted by Crippen LogP contribution is -2.44. The molecule has 1 aliphatic heterocycles. The molecular formula is C12H25N3O2. The van der Waals surface area contributed by atoms with Crippen molar-refractivity contribution in [1.82, 2.24) is 10.2 Å². The van der Waals surface area contributed by atoms with E-state index >= 15 is 0 Å². The van der Waals surface area contributed by atoms with Crippen molar-refractivity contribution in [2.24, 2.45) is 11.7 Å². The molecule has 1 aliphatic rings. The second-order valence-electron chi connectivity index (χ2n) is 4.66. The summed E-state index contributed by atoms with van der Waals surface area (Å²) in [6.07, 6.45) is 3.08.